The van der Waals surface area contributed by atoms with Crippen LogP contribution in [0.25, 0.3) is 0 Å². The van der Waals surface area contributed by atoms with Crippen LogP contribution in [0.3, 0.4) is 0 Å². The van der Waals surface area contributed by atoms with Crippen LogP contribution >= 0.6 is 15.9 Å². The average Bonchev–Trinajstić information content (AvgIpc) is 2.44. The maximum Gasteiger partial charge on any atom is 0.273 e. The molecular formula is C15H13BrN2O2. The van der Waals surface area contributed by atoms with Gasteiger partial charge in [0, 0.05) is 12.6 Å². The van der Waals surface area contributed by atoms with Crippen LogP contribution in [0.15, 0.2) is 41.0 Å². The highest BCUT2D eigenvalue weighted by atomic mass is 79.9. The van der Waals surface area contributed by atoms with Crippen LogP contribution in [0.4, 0.5) is 5.82 Å². The summed E-state index contributed by atoms with van der Waals surface area (Å²) in [5.74, 6) is 1.03. The number of fused-ring (bicyclic) bond motifs is 1. The van der Waals surface area contributed by atoms with Gasteiger partial charge in [-0.25, -0.2) is 4.98 Å². The van der Waals surface area contributed by atoms with Crippen molar-refractivity contribution < 1.29 is 9.53 Å². The van der Waals surface area contributed by atoms with Crippen molar-refractivity contribution in [3.63, 3.8) is 0 Å². The number of ether oxygens (including phenoxy) is 1. The lowest BCUT2D eigenvalue weighted by Crippen LogP contribution is -2.39. The Morgan fingerprint density at radius 1 is 1.20 bits per heavy atom. The molecule has 0 spiro atoms. The molecule has 0 N–H and O–H groups in total. The van der Waals surface area contributed by atoms with E-state index in [0.29, 0.717) is 16.2 Å². The summed E-state index contributed by atoms with van der Waals surface area (Å²) in [5, 5.41) is 0. The zero-order chi connectivity index (χ0) is 14.3. The largest absolute Gasteiger partial charge is 0.472 e. The van der Waals surface area contributed by atoms with Gasteiger partial charge in [-0.1, -0.05) is 29.8 Å². The monoisotopic (exact) mass is 332 g/mol. The summed E-state index contributed by atoms with van der Waals surface area (Å²) >= 11 is 3.30. The van der Waals surface area contributed by atoms with Crippen LogP contribution in [0.1, 0.15) is 17.2 Å². The van der Waals surface area contributed by atoms with E-state index in [1.807, 2.05) is 37.3 Å². The van der Waals surface area contributed by atoms with Gasteiger partial charge in [0.1, 0.15) is 4.60 Å². The van der Waals surface area contributed by atoms with E-state index in [1.54, 1.807) is 13.1 Å². The number of nitrogens with zero attached hydrogens (tertiary/aromatic N) is 2. The van der Waals surface area contributed by atoms with Crippen LogP contribution in [0.5, 0.6) is 5.75 Å². The molecule has 1 aromatic heterocycles. The zero-order valence-corrected chi connectivity index (χ0v) is 12.7. The van der Waals surface area contributed by atoms with Gasteiger partial charge in [-0.15, -0.1) is 0 Å². The number of aromatic nitrogens is 1. The third-order valence-corrected chi connectivity index (χ3v) is 3.74. The summed E-state index contributed by atoms with van der Waals surface area (Å²) in [5.41, 5.74) is 2.00. The third-order valence-electron chi connectivity index (χ3n) is 3.30. The topological polar surface area (TPSA) is 42.4 Å². The van der Waals surface area contributed by atoms with E-state index in [2.05, 4.69) is 20.9 Å². The molecule has 1 amide bonds. The Morgan fingerprint density at radius 2 is 1.90 bits per heavy atom. The molecule has 4 nitrogen and oxygen atoms in total. The summed E-state index contributed by atoms with van der Waals surface area (Å²) in [7, 11) is 1.71. The van der Waals surface area contributed by atoms with E-state index in [0.717, 1.165) is 11.1 Å². The van der Waals surface area contributed by atoms with Gasteiger partial charge in [0.05, 0.1) is 0 Å². The van der Waals surface area contributed by atoms with Crippen LogP contribution in [0, 0.1) is 6.92 Å². The Bertz CT molecular complexity index is 670. The summed E-state index contributed by atoms with van der Waals surface area (Å²) in [6.07, 6.45) is -0.615. The molecule has 0 radical (unpaired) electrons. The van der Waals surface area contributed by atoms with Crippen molar-refractivity contribution in [2.75, 3.05) is 11.9 Å². The molecule has 0 saturated heterocycles. The van der Waals surface area contributed by atoms with E-state index >= 15 is 0 Å². The molecule has 0 fully saturated rings. The number of halogens is 1. The Morgan fingerprint density at radius 3 is 2.60 bits per heavy atom. The zero-order valence-electron chi connectivity index (χ0n) is 11.1. The number of likely N-dealkylation sites (N-methyl/N-ethyl adjacent to an activating group) is 1. The van der Waals surface area contributed by atoms with E-state index in [1.165, 1.54) is 4.90 Å². The molecule has 102 valence electrons. The minimum atomic E-state index is -0.615. The fraction of sp³-hybridized carbons (Fsp3) is 0.200. The van der Waals surface area contributed by atoms with Crippen LogP contribution in [-0.2, 0) is 4.79 Å². The maximum absolute atomic E-state index is 12.4. The van der Waals surface area contributed by atoms with E-state index < -0.39 is 6.10 Å². The quantitative estimate of drug-likeness (QED) is 0.753. The fourth-order valence-electron chi connectivity index (χ4n) is 2.15. The minimum Gasteiger partial charge on any atom is -0.472 e. The van der Waals surface area contributed by atoms with Gasteiger partial charge in [-0.3, -0.25) is 9.69 Å². The van der Waals surface area contributed by atoms with E-state index in [4.69, 9.17) is 4.74 Å². The second kappa shape index (κ2) is 4.90. The van der Waals surface area contributed by atoms with Gasteiger partial charge in [0.15, 0.2) is 11.6 Å². The first-order valence-electron chi connectivity index (χ1n) is 6.23. The van der Waals surface area contributed by atoms with Gasteiger partial charge in [-0.05, 0) is 35.0 Å². The molecule has 1 aliphatic rings. The second-order valence-electron chi connectivity index (χ2n) is 4.76. The standard InChI is InChI=1S/C15H13BrN2O2/c1-9-3-5-10(6-4-9)13-15(19)18(2)14-11(20-13)7-8-12(16)17-14/h3-8,13H,1-2H3. The number of amides is 1. The van der Waals surface area contributed by atoms with Crippen molar-refractivity contribution in [1.82, 2.24) is 4.98 Å². The summed E-state index contributed by atoms with van der Waals surface area (Å²) in [6.45, 7) is 2.01. The molecule has 1 atom stereocenters. The number of carbonyl (C=O) groups excluding carboxylic acids is 1. The highest BCUT2D eigenvalue weighted by molar-refractivity contribution is 9.10. The lowest BCUT2D eigenvalue weighted by atomic mass is 10.1. The molecule has 0 bridgehead atoms. The first kappa shape index (κ1) is 13.1. The molecular weight excluding hydrogens is 320 g/mol. The number of pyridine rings is 1. The van der Waals surface area contributed by atoms with E-state index in [-0.39, 0.29) is 5.91 Å². The number of hydrogen-bond donors (Lipinski definition) is 0. The molecule has 1 aliphatic heterocycles. The minimum absolute atomic E-state index is 0.119. The normalized spacial score (nSPS) is 17.6. The number of rotatable bonds is 1. The highest BCUT2D eigenvalue weighted by Crippen LogP contribution is 2.37. The van der Waals surface area contributed by atoms with Crippen LogP contribution < -0.4 is 9.64 Å². The lowest BCUT2D eigenvalue weighted by molar-refractivity contribution is -0.126. The Hall–Kier alpha value is -1.88. The van der Waals surface area contributed by atoms with Crippen molar-refractivity contribution >= 4 is 27.7 Å². The summed E-state index contributed by atoms with van der Waals surface area (Å²) < 4.78 is 6.50. The Balaban J connectivity index is 2.02. The third kappa shape index (κ3) is 2.18. The van der Waals surface area contributed by atoms with Crippen LogP contribution in [-0.4, -0.2) is 17.9 Å². The first-order chi connectivity index (χ1) is 9.56. The molecule has 1 aromatic carbocycles. The predicted octanol–water partition coefficient (Wildman–Crippen LogP) is 3.25. The van der Waals surface area contributed by atoms with Gasteiger partial charge in [0.25, 0.3) is 5.91 Å². The number of hydrogen-bond acceptors (Lipinski definition) is 3. The number of carbonyl (C=O) groups is 1. The Kier molecular flexibility index (Phi) is 3.22. The molecule has 2 aromatic rings. The van der Waals surface area contributed by atoms with Crippen molar-refractivity contribution in [2.24, 2.45) is 0 Å². The molecule has 5 heteroatoms. The summed E-state index contributed by atoms with van der Waals surface area (Å²) in [4.78, 5) is 18.3. The van der Waals surface area contributed by atoms with Crippen molar-refractivity contribution in [1.29, 1.82) is 0 Å². The average molecular weight is 333 g/mol. The second-order valence-corrected chi connectivity index (χ2v) is 5.57. The SMILES string of the molecule is Cc1ccc(C2Oc3ccc(Br)nc3N(C)C2=O)cc1. The molecule has 3 rings (SSSR count). The number of benzene rings is 1. The smallest absolute Gasteiger partial charge is 0.273 e. The van der Waals surface area contributed by atoms with Gasteiger partial charge >= 0.3 is 0 Å². The maximum atomic E-state index is 12.4. The highest BCUT2D eigenvalue weighted by Gasteiger charge is 2.34. The van der Waals surface area contributed by atoms with E-state index in [9.17, 15) is 4.79 Å². The van der Waals surface area contributed by atoms with Crippen LogP contribution in [0.2, 0.25) is 0 Å². The van der Waals surface area contributed by atoms with Gasteiger partial charge in [-0.2, -0.15) is 0 Å². The van der Waals surface area contributed by atoms with Crippen molar-refractivity contribution in [2.45, 2.75) is 13.0 Å². The fourth-order valence-corrected chi connectivity index (χ4v) is 2.45. The molecule has 1 unspecified atom stereocenters. The van der Waals surface area contributed by atoms with Crippen molar-refractivity contribution in [3.8, 4) is 5.75 Å². The summed E-state index contributed by atoms with van der Waals surface area (Å²) in [6, 6.07) is 11.4. The molecule has 2 heterocycles. The lowest BCUT2D eigenvalue weighted by Gasteiger charge is -2.31. The number of aryl methyl sites for hydroxylation is 1. The molecule has 0 aliphatic carbocycles. The van der Waals surface area contributed by atoms with Gasteiger partial charge < -0.3 is 4.74 Å². The molecule has 0 saturated carbocycles. The Labute approximate surface area is 125 Å². The van der Waals surface area contributed by atoms with Crippen molar-refractivity contribution in [3.05, 3.63) is 52.1 Å². The number of anilines is 1. The first-order valence-corrected chi connectivity index (χ1v) is 7.03. The predicted molar refractivity (Wildman–Crippen MR) is 79.9 cm³/mol. The molecule has 20 heavy (non-hydrogen) atoms. The van der Waals surface area contributed by atoms with Gasteiger partial charge in [0.2, 0.25) is 6.10 Å².